The maximum absolute atomic E-state index is 7.26. The summed E-state index contributed by atoms with van der Waals surface area (Å²) in [5, 5.41) is 3.04. The first-order valence-electron chi connectivity index (χ1n) is 4.38. The summed E-state index contributed by atoms with van der Waals surface area (Å²) in [5.74, 6) is 0.0610. The van der Waals surface area contributed by atoms with Crippen LogP contribution in [0.1, 0.15) is 11.5 Å². The minimum Gasteiger partial charge on any atom is -0.677 e. The normalized spacial score (nSPS) is 9.71. The topological polar surface area (TPSA) is 59.6 Å². The number of nitrogens with one attached hydrogen (secondary N) is 3. The summed E-state index contributed by atoms with van der Waals surface area (Å²) in [4.78, 5) is 0. The van der Waals surface area contributed by atoms with Gasteiger partial charge in [0.2, 0.25) is 0 Å². The average molecular weight is 266 g/mol. The summed E-state index contributed by atoms with van der Waals surface area (Å²) in [6.45, 7) is 0.588. The molecule has 3 N–H and O–H groups in total. The van der Waals surface area contributed by atoms with E-state index in [-0.39, 0.29) is 38.6 Å². The van der Waals surface area contributed by atoms with E-state index in [0.717, 1.165) is 11.3 Å². The quantitative estimate of drug-likeness (QED) is 0.894. The maximum Gasteiger partial charge on any atom is 0.0337 e. The van der Waals surface area contributed by atoms with Gasteiger partial charge < -0.3 is 16.8 Å². The van der Waals surface area contributed by atoms with Gasteiger partial charge in [0, 0.05) is 45.4 Å². The fraction of sp³-hybridized carbons (Fsp3) is 0.400. The molecule has 4 heteroatoms. The van der Waals surface area contributed by atoms with E-state index in [1.165, 1.54) is 0 Å². The van der Waals surface area contributed by atoms with Crippen molar-refractivity contribution in [1.29, 1.82) is 0 Å². The van der Waals surface area contributed by atoms with Gasteiger partial charge in [0.25, 0.3) is 0 Å². The Hall–Kier alpha value is 0.0439. The average Bonchev–Trinajstić information content (AvgIpc) is 2.21. The van der Waals surface area contributed by atoms with Crippen LogP contribution >= 0.6 is 0 Å². The van der Waals surface area contributed by atoms with Crippen molar-refractivity contribution in [2.75, 3.05) is 25.5 Å². The van der Waals surface area contributed by atoms with Gasteiger partial charge in [-0.25, -0.2) is 0 Å². The summed E-state index contributed by atoms with van der Waals surface area (Å²) in [7, 11) is 1.88. The molecular weight excluding hydrogens is 251 g/mol. The third-order valence-electron chi connectivity index (χ3n) is 2.16. The Labute approximate surface area is 111 Å². The van der Waals surface area contributed by atoms with Crippen molar-refractivity contribution >= 4 is 5.69 Å². The Morgan fingerprint density at radius 1 is 1.14 bits per heavy atom. The molecule has 0 saturated heterocycles. The first-order chi connectivity index (χ1) is 6.31. The molecule has 0 unspecified atom stereocenters. The van der Waals surface area contributed by atoms with Crippen molar-refractivity contribution in [3.8, 4) is 0 Å². The van der Waals surface area contributed by atoms with Crippen LogP contribution in [0, 0.1) is 0 Å². The van der Waals surface area contributed by atoms with Gasteiger partial charge in [0.1, 0.15) is 0 Å². The van der Waals surface area contributed by atoms with Gasteiger partial charge in [-0.1, -0.05) is 18.1 Å². The van der Waals surface area contributed by atoms with Crippen LogP contribution in [0.4, 0.5) is 5.69 Å². The maximum atomic E-state index is 7.26. The summed E-state index contributed by atoms with van der Waals surface area (Å²) in [6, 6.07) is 7.93. The summed E-state index contributed by atoms with van der Waals surface area (Å²) in [6.07, 6.45) is 0. The standard InChI is InChI=1S/C10H15N3.Y/c1-13-10-4-2-8(3-5-10)9(6-11)7-12;/h2-5,9,11-13H,6-7H2,1H3;/q-2;. The van der Waals surface area contributed by atoms with E-state index in [1.807, 2.05) is 31.3 Å². The predicted molar refractivity (Wildman–Crippen MR) is 57.1 cm³/mol. The molecular formula is C10H15N3Y-2. The molecule has 1 radical (unpaired) electrons. The molecule has 0 bridgehead atoms. The second-order valence-corrected chi connectivity index (χ2v) is 2.98. The van der Waals surface area contributed by atoms with E-state index in [9.17, 15) is 0 Å². The zero-order valence-corrected chi connectivity index (χ0v) is 11.2. The van der Waals surface area contributed by atoms with Crippen molar-refractivity contribution in [1.82, 2.24) is 0 Å². The number of rotatable bonds is 4. The first-order valence-corrected chi connectivity index (χ1v) is 4.38. The second kappa shape index (κ2) is 7.35. The Bertz CT molecular complexity index is 244. The van der Waals surface area contributed by atoms with E-state index in [0.29, 0.717) is 13.1 Å². The van der Waals surface area contributed by atoms with Gasteiger partial charge in [0.05, 0.1) is 0 Å². The molecule has 0 aliphatic heterocycles. The Balaban J connectivity index is 0.00000169. The molecule has 0 aliphatic rings. The van der Waals surface area contributed by atoms with Gasteiger partial charge >= 0.3 is 0 Å². The fourth-order valence-corrected chi connectivity index (χ4v) is 1.23. The molecule has 1 rings (SSSR count). The van der Waals surface area contributed by atoms with Gasteiger partial charge in [-0.3, -0.25) is 0 Å². The van der Waals surface area contributed by atoms with Crippen LogP contribution in [-0.4, -0.2) is 20.1 Å². The van der Waals surface area contributed by atoms with Gasteiger partial charge in [-0.05, 0) is 17.7 Å². The Kier molecular flexibility index (Phi) is 7.37. The molecule has 75 valence electrons. The van der Waals surface area contributed by atoms with Gasteiger partial charge in [-0.15, -0.1) is 13.1 Å². The Morgan fingerprint density at radius 2 is 1.64 bits per heavy atom. The van der Waals surface area contributed by atoms with E-state index in [1.54, 1.807) is 0 Å². The largest absolute Gasteiger partial charge is 0.677 e. The summed E-state index contributed by atoms with van der Waals surface area (Å²) >= 11 is 0. The molecule has 1 aromatic carbocycles. The molecule has 0 heterocycles. The van der Waals surface area contributed by atoms with Crippen molar-refractivity contribution in [2.24, 2.45) is 0 Å². The van der Waals surface area contributed by atoms with Crippen molar-refractivity contribution < 1.29 is 32.7 Å². The third kappa shape index (κ3) is 3.66. The van der Waals surface area contributed by atoms with E-state index in [2.05, 4.69) is 5.32 Å². The van der Waals surface area contributed by atoms with Crippen molar-refractivity contribution in [3.05, 3.63) is 41.3 Å². The van der Waals surface area contributed by atoms with Gasteiger partial charge in [-0.2, -0.15) is 0 Å². The smallest absolute Gasteiger partial charge is 0.0337 e. The minimum atomic E-state index is 0. The number of benzene rings is 1. The van der Waals surface area contributed by atoms with Crippen LogP contribution < -0.4 is 5.32 Å². The minimum absolute atomic E-state index is 0. The fourth-order valence-electron chi connectivity index (χ4n) is 1.23. The van der Waals surface area contributed by atoms with Crippen LogP contribution in [0.3, 0.4) is 0 Å². The monoisotopic (exact) mass is 266 g/mol. The zero-order chi connectivity index (χ0) is 9.68. The zero-order valence-electron chi connectivity index (χ0n) is 8.38. The van der Waals surface area contributed by atoms with Gasteiger partial charge in [0.15, 0.2) is 0 Å². The van der Waals surface area contributed by atoms with E-state index < -0.39 is 0 Å². The molecule has 3 nitrogen and oxygen atoms in total. The van der Waals surface area contributed by atoms with Crippen LogP contribution in [0.5, 0.6) is 0 Å². The van der Waals surface area contributed by atoms with Crippen molar-refractivity contribution in [2.45, 2.75) is 5.92 Å². The Morgan fingerprint density at radius 3 is 2.00 bits per heavy atom. The molecule has 0 atom stereocenters. The molecule has 0 saturated carbocycles. The SMILES string of the molecule is CNc1ccc(C(C[NH-])C[NH-])cc1.[Y]. The molecule has 0 aromatic heterocycles. The third-order valence-corrected chi connectivity index (χ3v) is 2.16. The number of anilines is 1. The van der Waals surface area contributed by atoms with E-state index in [4.69, 9.17) is 11.5 Å². The predicted octanol–water partition coefficient (Wildman–Crippen LogP) is 2.91. The molecule has 0 fully saturated rings. The summed E-state index contributed by atoms with van der Waals surface area (Å²) < 4.78 is 0. The molecule has 0 amide bonds. The number of hydrogen-bond acceptors (Lipinski definition) is 1. The van der Waals surface area contributed by atoms with Crippen LogP contribution in [0.25, 0.3) is 11.5 Å². The molecule has 14 heavy (non-hydrogen) atoms. The first kappa shape index (κ1) is 14.0. The van der Waals surface area contributed by atoms with E-state index >= 15 is 0 Å². The van der Waals surface area contributed by atoms with Crippen LogP contribution in [0.2, 0.25) is 0 Å². The van der Waals surface area contributed by atoms with Crippen LogP contribution in [0.15, 0.2) is 24.3 Å². The molecule has 0 spiro atoms. The second-order valence-electron chi connectivity index (χ2n) is 2.98. The molecule has 0 aliphatic carbocycles. The van der Waals surface area contributed by atoms with Crippen LogP contribution in [-0.2, 0) is 32.7 Å². The molecule has 1 aromatic rings. The number of hydrogen-bond donors (Lipinski definition) is 1. The summed E-state index contributed by atoms with van der Waals surface area (Å²) in [5.41, 5.74) is 16.7. The van der Waals surface area contributed by atoms with Crippen molar-refractivity contribution in [3.63, 3.8) is 0 Å².